The van der Waals surface area contributed by atoms with E-state index in [0.29, 0.717) is 15.2 Å². The molecule has 0 unspecified atom stereocenters. The number of aryl methyl sites for hydroxylation is 2. The van der Waals surface area contributed by atoms with Gasteiger partial charge in [0.1, 0.15) is 10.0 Å². The zero-order valence-corrected chi connectivity index (χ0v) is 13.7. The Hall–Kier alpha value is -1.51. The number of hydrogen-bond donors (Lipinski definition) is 0. The molecule has 6 nitrogen and oxygen atoms in total. The summed E-state index contributed by atoms with van der Waals surface area (Å²) in [6.45, 7) is 4.10. The van der Waals surface area contributed by atoms with Gasteiger partial charge in [-0.1, -0.05) is 45.5 Å². The number of thioether (sulfide) groups is 1. The van der Waals surface area contributed by atoms with Crippen LogP contribution in [0.5, 0.6) is 0 Å². The molecular weight excluding hydrogens is 328 g/mol. The summed E-state index contributed by atoms with van der Waals surface area (Å²) in [5.74, 6) is 0.584. The van der Waals surface area contributed by atoms with Gasteiger partial charge in [-0.2, -0.15) is 4.68 Å². The molecule has 0 aliphatic carbocycles. The summed E-state index contributed by atoms with van der Waals surface area (Å²) in [6, 6.07) is 6.16. The molecule has 0 fully saturated rings. The van der Waals surface area contributed by atoms with Crippen molar-refractivity contribution >= 4 is 34.9 Å². The van der Waals surface area contributed by atoms with Crippen molar-refractivity contribution in [3.05, 3.63) is 39.4 Å². The van der Waals surface area contributed by atoms with E-state index in [9.17, 15) is 0 Å². The van der Waals surface area contributed by atoms with E-state index in [1.165, 1.54) is 28.9 Å². The van der Waals surface area contributed by atoms with Gasteiger partial charge in [0.25, 0.3) is 0 Å². The van der Waals surface area contributed by atoms with Crippen LogP contribution in [0.3, 0.4) is 0 Å². The van der Waals surface area contributed by atoms with Crippen LogP contribution in [0.1, 0.15) is 16.8 Å². The molecule has 0 radical (unpaired) electrons. The number of rotatable bonds is 4. The van der Waals surface area contributed by atoms with Crippen molar-refractivity contribution in [3.63, 3.8) is 0 Å². The van der Waals surface area contributed by atoms with E-state index in [1.807, 2.05) is 19.1 Å². The van der Waals surface area contributed by atoms with E-state index in [-0.39, 0.29) is 0 Å². The maximum atomic E-state index is 6.00. The lowest BCUT2D eigenvalue weighted by Crippen LogP contribution is -2.02. The molecule has 2 aromatic heterocycles. The zero-order valence-electron chi connectivity index (χ0n) is 11.3. The third-order valence-electron chi connectivity index (χ3n) is 2.87. The second-order valence-corrected chi connectivity index (χ2v) is 6.74. The van der Waals surface area contributed by atoms with Gasteiger partial charge in [-0.3, -0.25) is 0 Å². The van der Waals surface area contributed by atoms with Crippen LogP contribution < -0.4 is 0 Å². The Bertz CT molecular complexity index is 769. The molecule has 9 heteroatoms. The van der Waals surface area contributed by atoms with Crippen LogP contribution in [0.2, 0.25) is 4.34 Å². The first-order valence-electron chi connectivity index (χ1n) is 6.10. The Balaban J connectivity index is 1.85. The summed E-state index contributed by atoms with van der Waals surface area (Å²) in [4.78, 5) is 0. The fraction of sp³-hybridized carbons (Fsp3) is 0.250. The minimum absolute atomic E-state index is 0.584. The Kier molecular flexibility index (Phi) is 4.18. The average Bonchev–Trinajstić information content (AvgIpc) is 3.05. The molecular formula is C12H11ClN6S2. The monoisotopic (exact) mass is 338 g/mol. The van der Waals surface area contributed by atoms with Crippen molar-refractivity contribution in [2.24, 2.45) is 0 Å². The molecule has 0 saturated heterocycles. The van der Waals surface area contributed by atoms with Gasteiger partial charge in [-0.15, -0.1) is 10.2 Å². The van der Waals surface area contributed by atoms with Crippen molar-refractivity contribution in [1.82, 2.24) is 29.8 Å². The Labute approximate surface area is 134 Å². The molecule has 2 heterocycles. The highest BCUT2D eigenvalue weighted by Crippen LogP contribution is 2.27. The molecule has 0 saturated carbocycles. The van der Waals surface area contributed by atoms with Gasteiger partial charge in [0.2, 0.25) is 5.16 Å². The number of hydrogen-bond acceptors (Lipinski definition) is 7. The van der Waals surface area contributed by atoms with Crippen molar-refractivity contribution < 1.29 is 0 Å². The fourth-order valence-corrected chi connectivity index (χ4v) is 3.50. The zero-order chi connectivity index (χ0) is 14.8. The first-order valence-corrected chi connectivity index (χ1v) is 8.24. The smallest absolute Gasteiger partial charge is 0.187 e. The lowest BCUT2D eigenvalue weighted by molar-refractivity contribution is 0.751. The van der Waals surface area contributed by atoms with Crippen molar-refractivity contribution in [2.45, 2.75) is 24.8 Å². The van der Waals surface area contributed by atoms with E-state index in [4.69, 9.17) is 11.6 Å². The third kappa shape index (κ3) is 3.07. The standard InChI is InChI=1S/C12H11ClN6S2/c1-7-3-4-10(8(2)5-7)19-12(15-16-17-19)20-6-9-11(13)21-18-14-9/h3-5H,6H2,1-2H3. The number of nitrogens with zero attached hydrogens (tertiary/aromatic N) is 6. The predicted octanol–water partition coefficient (Wildman–Crippen LogP) is 3.08. The Morgan fingerprint density at radius 2 is 2.14 bits per heavy atom. The van der Waals surface area contributed by atoms with Crippen molar-refractivity contribution in [2.75, 3.05) is 0 Å². The maximum absolute atomic E-state index is 6.00. The highest BCUT2D eigenvalue weighted by atomic mass is 35.5. The average molecular weight is 339 g/mol. The second-order valence-electron chi connectivity index (χ2n) is 4.45. The predicted molar refractivity (Wildman–Crippen MR) is 83.1 cm³/mol. The molecule has 3 aromatic rings. The highest BCUT2D eigenvalue weighted by molar-refractivity contribution is 7.98. The largest absolute Gasteiger partial charge is 0.214 e. The number of benzene rings is 1. The van der Waals surface area contributed by atoms with Crippen LogP contribution in [0, 0.1) is 13.8 Å². The third-order valence-corrected chi connectivity index (χ3v) is 4.78. The normalized spacial score (nSPS) is 11.0. The molecule has 1 aromatic carbocycles. The van der Waals surface area contributed by atoms with Crippen LogP contribution in [0.25, 0.3) is 5.69 Å². The molecule has 0 spiro atoms. The summed E-state index contributed by atoms with van der Waals surface area (Å²) in [5.41, 5.74) is 4.05. The molecule has 0 bridgehead atoms. The van der Waals surface area contributed by atoms with Gasteiger partial charge in [0, 0.05) is 17.3 Å². The van der Waals surface area contributed by atoms with Crippen LogP contribution >= 0.6 is 34.9 Å². The fourth-order valence-electron chi connectivity index (χ4n) is 1.88. The van der Waals surface area contributed by atoms with E-state index in [1.54, 1.807) is 4.68 Å². The van der Waals surface area contributed by atoms with Crippen LogP contribution in [0.15, 0.2) is 23.4 Å². The SMILES string of the molecule is Cc1ccc(-n2nnnc2SCc2nnsc2Cl)c(C)c1. The molecule has 0 atom stereocenters. The lowest BCUT2D eigenvalue weighted by Gasteiger charge is -2.07. The summed E-state index contributed by atoms with van der Waals surface area (Å²) in [6.07, 6.45) is 0. The van der Waals surface area contributed by atoms with Crippen LogP contribution in [-0.2, 0) is 5.75 Å². The van der Waals surface area contributed by atoms with Crippen LogP contribution in [-0.4, -0.2) is 29.8 Å². The van der Waals surface area contributed by atoms with Gasteiger partial charge < -0.3 is 0 Å². The summed E-state index contributed by atoms with van der Waals surface area (Å²) >= 11 is 8.66. The van der Waals surface area contributed by atoms with E-state index < -0.39 is 0 Å². The Morgan fingerprint density at radius 1 is 1.29 bits per heavy atom. The van der Waals surface area contributed by atoms with E-state index in [0.717, 1.165) is 16.9 Å². The Morgan fingerprint density at radius 3 is 2.86 bits per heavy atom. The molecule has 21 heavy (non-hydrogen) atoms. The summed E-state index contributed by atoms with van der Waals surface area (Å²) in [5, 5.41) is 16.6. The minimum Gasteiger partial charge on any atom is -0.187 e. The van der Waals surface area contributed by atoms with Crippen molar-refractivity contribution in [3.8, 4) is 5.69 Å². The molecule has 0 aliphatic rings. The molecule has 0 amide bonds. The molecule has 0 N–H and O–H groups in total. The topological polar surface area (TPSA) is 69.4 Å². The van der Waals surface area contributed by atoms with Gasteiger partial charge in [-0.05, 0) is 35.9 Å². The van der Waals surface area contributed by atoms with E-state index >= 15 is 0 Å². The number of tetrazole rings is 1. The number of aromatic nitrogens is 6. The summed E-state index contributed by atoms with van der Waals surface area (Å²) in [7, 11) is 0. The second kappa shape index (κ2) is 6.08. The van der Waals surface area contributed by atoms with E-state index in [2.05, 4.69) is 38.1 Å². The van der Waals surface area contributed by atoms with Crippen molar-refractivity contribution in [1.29, 1.82) is 0 Å². The van der Waals surface area contributed by atoms with Gasteiger partial charge in [0.05, 0.1) is 5.69 Å². The summed E-state index contributed by atoms with van der Waals surface area (Å²) < 4.78 is 6.15. The van der Waals surface area contributed by atoms with Crippen LogP contribution in [0.4, 0.5) is 0 Å². The van der Waals surface area contributed by atoms with Gasteiger partial charge >= 0.3 is 0 Å². The molecule has 0 aliphatic heterocycles. The lowest BCUT2D eigenvalue weighted by atomic mass is 10.1. The molecule has 3 rings (SSSR count). The van der Waals surface area contributed by atoms with Gasteiger partial charge in [-0.25, -0.2) is 0 Å². The van der Waals surface area contributed by atoms with Gasteiger partial charge in [0.15, 0.2) is 0 Å². The maximum Gasteiger partial charge on any atom is 0.214 e. The molecule has 108 valence electrons. The minimum atomic E-state index is 0.584. The quantitative estimate of drug-likeness (QED) is 0.681. The number of halogens is 1. The first kappa shape index (κ1) is 14.4. The first-order chi connectivity index (χ1) is 10.1. The highest BCUT2D eigenvalue weighted by Gasteiger charge is 2.13.